The summed E-state index contributed by atoms with van der Waals surface area (Å²) in [4.78, 5) is 11.9. The predicted octanol–water partition coefficient (Wildman–Crippen LogP) is 2.77. The fourth-order valence-corrected chi connectivity index (χ4v) is 2.90. The summed E-state index contributed by atoms with van der Waals surface area (Å²) in [6.45, 7) is 0.663. The van der Waals surface area contributed by atoms with Gasteiger partial charge in [-0.25, -0.2) is 4.39 Å². The SMILES string of the molecule is CSCCC(N)C(=O)NCC1(Cc2ccc(F)cc2)CC1.Cl. The number of carbonyl (C=O) groups excluding carboxylic acids is 1. The Kier molecular flexibility index (Phi) is 7.66. The number of carbonyl (C=O) groups is 1. The Hall–Kier alpha value is -0.780. The fourth-order valence-electron chi connectivity index (χ4n) is 2.41. The molecule has 1 amide bonds. The van der Waals surface area contributed by atoms with E-state index in [0.29, 0.717) is 13.0 Å². The third-order valence-electron chi connectivity index (χ3n) is 4.06. The Bertz CT molecular complexity index is 480. The lowest BCUT2D eigenvalue weighted by Crippen LogP contribution is -2.43. The molecule has 124 valence electrons. The van der Waals surface area contributed by atoms with Gasteiger partial charge in [-0.1, -0.05) is 12.1 Å². The number of halogens is 2. The molecule has 1 aromatic rings. The van der Waals surface area contributed by atoms with E-state index < -0.39 is 6.04 Å². The molecule has 1 aliphatic carbocycles. The fraction of sp³-hybridized carbons (Fsp3) is 0.562. The van der Waals surface area contributed by atoms with Gasteiger partial charge in [-0.3, -0.25) is 4.79 Å². The maximum atomic E-state index is 12.9. The van der Waals surface area contributed by atoms with Crippen LogP contribution >= 0.6 is 24.2 Å². The summed E-state index contributed by atoms with van der Waals surface area (Å²) in [6, 6.07) is 6.20. The van der Waals surface area contributed by atoms with Gasteiger partial charge in [0, 0.05) is 6.54 Å². The van der Waals surface area contributed by atoms with Crippen LogP contribution in [0.15, 0.2) is 24.3 Å². The molecule has 0 bridgehead atoms. The van der Waals surface area contributed by atoms with E-state index >= 15 is 0 Å². The molecule has 0 spiro atoms. The van der Waals surface area contributed by atoms with Crippen LogP contribution in [0.25, 0.3) is 0 Å². The molecule has 1 unspecified atom stereocenters. The summed E-state index contributed by atoms with van der Waals surface area (Å²) < 4.78 is 12.9. The van der Waals surface area contributed by atoms with Gasteiger partial charge in [0.1, 0.15) is 5.82 Å². The van der Waals surface area contributed by atoms with Crippen LogP contribution in [0, 0.1) is 11.2 Å². The summed E-state index contributed by atoms with van der Waals surface area (Å²) in [6.07, 6.45) is 5.80. The number of hydrogen-bond donors (Lipinski definition) is 2. The van der Waals surface area contributed by atoms with E-state index in [2.05, 4.69) is 5.32 Å². The molecule has 1 aromatic carbocycles. The van der Waals surface area contributed by atoms with Crippen molar-refractivity contribution in [3.05, 3.63) is 35.6 Å². The van der Waals surface area contributed by atoms with Crippen molar-refractivity contribution in [1.82, 2.24) is 5.32 Å². The zero-order valence-corrected chi connectivity index (χ0v) is 14.4. The molecule has 0 radical (unpaired) electrons. The average Bonchev–Trinajstić information content (AvgIpc) is 3.25. The molecule has 0 saturated heterocycles. The van der Waals surface area contributed by atoms with Crippen LogP contribution in [-0.4, -0.2) is 30.5 Å². The van der Waals surface area contributed by atoms with Gasteiger partial charge in [-0.15, -0.1) is 12.4 Å². The summed E-state index contributed by atoms with van der Waals surface area (Å²) in [5.74, 6) is 0.626. The predicted molar refractivity (Wildman–Crippen MR) is 93.0 cm³/mol. The van der Waals surface area contributed by atoms with Crippen LogP contribution < -0.4 is 11.1 Å². The lowest BCUT2D eigenvalue weighted by molar-refractivity contribution is -0.122. The van der Waals surface area contributed by atoms with Crippen LogP contribution in [0.5, 0.6) is 0 Å². The summed E-state index contributed by atoms with van der Waals surface area (Å²) in [7, 11) is 0. The van der Waals surface area contributed by atoms with Crippen molar-refractivity contribution < 1.29 is 9.18 Å². The first-order chi connectivity index (χ1) is 10.0. The van der Waals surface area contributed by atoms with E-state index in [0.717, 1.165) is 30.6 Å². The Morgan fingerprint density at radius 3 is 2.59 bits per heavy atom. The van der Waals surface area contributed by atoms with Gasteiger partial charge < -0.3 is 11.1 Å². The topological polar surface area (TPSA) is 55.1 Å². The van der Waals surface area contributed by atoms with Crippen LogP contribution in [0.1, 0.15) is 24.8 Å². The zero-order valence-electron chi connectivity index (χ0n) is 12.8. The van der Waals surface area contributed by atoms with Gasteiger partial charge in [0.15, 0.2) is 0 Å². The largest absolute Gasteiger partial charge is 0.354 e. The quantitative estimate of drug-likeness (QED) is 0.761. The minimum absolute atomic E-state index is 0. The minimum Gasteiger partial charge on any atom is -0.354 e. The van der Waals surface area contributed by atoms with Gasteiger partial charge in [0.05, 0.1) is 6.04 Å². The summed E-state index contributed by atoms with van der Waals surface area (Å²) in [5, 5.41) is 2.98. The molecule has 1 atom stereocenters. The summed E-state index contributed by atoms with van der Waals surface area (Å²) in [5.41, 5.74) is 7.12. The lowest BCUT2D eigenvalue weighted by Gasteiger charge is -2.18. The molecule has 1 fully saturated rings. The van der Waals surface area contributed by atoms with E-state index in [9.17, 15) is 9.18 Å². The average molecular weight is 347 g/mol. The third-order valence-corrected chi connectivity index (χ3v) is 4.70. The zero-order chi connectivity index (χ0) is 15.3. The Labute approximate surface area is 142 Å². The molecular weight excluding hydrogens is 323 g/mol. The van der Waals surface area contributed by atoms with Crippen molar-refractivity contribution >= 4 is 30.1 Å². The van der Waals surface area contributed by atoms with E-state index in [1.54, 1.807) is 11.8 Å². The molecule has 3 N–H and O–H groups in total. The molecule has 1 saturated carbocycles. The first-order valence-electron chi connectivity index (χ1n) is 7.31. The molecule has 2 rings (SSSR count). The van der Waals surface area contributed by atoms with E-state index in [1.807, 2.05) is 18.4 Å². The highest BCUT2D eigenvalue weighted by Gasteiger charge is 2.42. The highest BCUT2D eigenvalue weighted by atomic mass is 35.5. The number of thioether (sulfide) groups is 1. The number of nitrogens with two attached hydrogens (primary N) is 1. The smallest absolute Gasteiger partial charge is 0.236 e. The molecule has 6 heteroatoms. The Morgan fingerprint density at radius 2 is 2.05 bits per heavy atom. The van der Waals surface area contributed by atoms with Crippen molar-refractivity contribution in [1.29, 1.82) is 0 Å². The van der Waals surface area contributed by atoms with Gasteiger partial charge >= 0.3 is 0 Å². The van der Waals surface area contributed by atoms with Gasteiger partial charge in [0.2, 0.25) is 5.91 Å². The van der Waals surface area contributed by atoms with Crippen molar-refractivity contribution in [3.63, 3.8) is 0 Å². The van der Waals surface area contributed by atoms with Crippen LogP contribution in [0.4, 0.5) is 4.39 Å². The summed E-state index contributed by atoms with van der Waals surface area (Å²) >= 11 is 1.70. The van der Waals surface area contributed by atoms with E-state index in [4.69, 9.17) is 5.73 Å². The molecule has 1 aliphatic rings. The molecule has 3 nitrogen and oxygen atoms in total. The number of hydrogen-bond acceptors (Lipinski definition) is 3. The van der Waals surface area contributed by atoms with Gasteiger partial charge in [-0.05, 0) is 60.8 Å². The normalized spacial score (nSPS) is 16.5. The van der Waals surface area contributed by atoms with E-state index in [1.165, 1.54) is 12.1 Å². The molecule has 0 aliphatic heterocycles. The second kappa shape index (κ2) is 8.75. The maximum absolute atomic E-state index is 12.9. The first kappa shape index (κ1) is 19.3. The molecular formula is C16H24ClFN2OS. The van der Waals surface area contributed by atoms with E-state index in [-0.39, 0.29) is 29.5 Å². The first-order valence-corrected chi connectivity index (χ1v) is 8.71. The molecule has 22 heavy (non-hydrogen) atoms. The number of rotatable bonds is 8. The monoisotopic (exact) mass is 346 g/mol. The second-order valence-corrected chi connectivity index (χ2v) is 6.89. The highest BCUT2D eigenvalue weighted by molar-refractivity contribution is 7.98. The number of amides is 1. The van der Waals surface area contributed by atoms with Gasteiger partial charge in [-0.2, -0.15) is 11.8 Å². The number of benzene rings is 1. The standard InChI is InChI=1S/C16H23FN2OS.ClH/c1-21-9-6-14(18)15(20)19-11-16(7-8-16)10-12-2-4-13(17)5-3-12;/h2-5,14H,6-11,18H2,1H3,(H,19,20);1H. The molecule has 0 aromatic heterocycles. The minimum atomic E-state index is -0.418. The molecule has 0 heterocycles. The van der Waals surface area contributed by atoms with Crippen molar-refractivity contribution in [3.8, 4) is 0 Å². The second-order valence-electron chi connectivity index (χ2n) is 5.91. The highest BCUT2D eigenvalue weighted by Crippen LogP contribution is 2.47. The lowest BCUT2D eigenvalue weighted by atomic mass is 9.96. The van der Waals surface area contributed by atoms with Crippen LogP contribution in [0.3, 0.4) is 0 Å². The van der Waals surface area contributed by atoms with Crippen molar-refractivity contribution in [2.75, 3.05) is 18.6 Å². The van der Waals surface area contributed by atoms with Crippen molar-refractivity contribution in [2.45, 2.75) is 31.7 Å². The van der Waals surface area contributed by atoms with Crippen LogP contribution in [0.2, 0.25) is 0 Å². The van der Waals surface area contributed by atoms with Gasteiger partial charge in [0.25, 0.3) is 0 Å². The third kappa shape index (κ3) is 5.78. The van der Waals surface area contributed by atoms with Crippen molar-refractivity contribution in [2.24, 2.45) is 11.1 Å². The Morgan fingerprint density at radius 1 is 1.41 bits per heavy atom. The number of nitrogens with one attached hydrogen (secondary N) is 1. The van der Waals surface area contributed by atoms with Crippen LogP contribution in [-0.2, 0) is 11.2 Å². The maximum Gasteiger partial charge on any atom is 0.236 e. The Balaban J connectivity index is 0.00000242.